The molecule has 0 spiro atoms. The Balaban J connectivity index is 1.57. The Morgan fingerprint density at radius 3 is 2.46 bits per heavy atom. The molecule has 0 unspecified atom stereocenters. The lowest BCUT2D eigenvalue weighted by Crippen LogP contribution is -2.40. The zero-order chi connectivity index (χ0) is 20.1. The molecular weight excluding hydrogens is 400 g/mol. The van der Waals surface area contributed by atoms with Crippen molar-refractivity contribution in [3.8, 4) is 0 Å². The van der Waals surface area contributed by atoms with Crippen LogP contribution in [0.3, 0.4) is 0 Å². The Morgan fingerprint density at radius 1 is 1.14 bits per heavy atom. The molecule has 0 aliphatic carbocycles. The van der Waals surface area contributed by atoms with E-state index in [1.807, 2.05) is 6.92 Å². The molecule has 0 radical (unpaired) electrons. The summed E-state index contributed by atoms with van der Waals surface area (Å²) in [7, 11) is -3.50. The molecule has 3 rings (SSSR count). The summed E-state index contributed by atoms with van der Waals surface area (Å²) >= 11 is 5.92. The molecule has 1 aliphatic heterocycles. The molecule has 0 bridgehead atoms. The number of hydrogen-bond acceptors (Lipinski definition) is 4. The average Bonchev–Trinajstić information content (AvgIpc) is 2.69. The highest BCUT2D eigenvalue weighted by Gasteiger charge is 2.26. The quantitative estimate of drug-likeness (QED) is 0.775. The Morgan fingerprint density at radius 2 is 1.82 bits per heavy atom. The number of anilines is 1. The molecule has 0 aromatic heterocycles. The van der Waals surface area contributed by atoms with Crippen LogP contribution in [0.15, 0.2) is 47.4 Å². The fourth-order valence-corrected chi connectivity index (χ4v) is 4.64. The second kappa shape index (κ2) is 9.05. The van der Waals surface area contributed by atoms with Gasteiger partial charge in [-0.2, -0.15) is 4.31 Å². The van der Waals surface area contributed by atoms with E-state index >= 15 is 0 Å². The van der Waals surface area contributed by atoms with Gasteiger partial charge >= 0.3 is 0 Å². The van der Waals surface area contributed by atoms with Crippen molar-refractivity contribution in [2.24, 2.45) is 0 Å². The summed E-state index contributed by atoms with van der Waals surface area (Å²) in [6.45, 7) is 3.46. The first-order valence-corrected chi connectivity index (χ1v) is 10.9. The minimum atomic E-state index is -3.50. The summed E-state index contributed by atoms with van der Waals surface area (Å²) in [5.41, 5.74) is 2.55. The highest BCUT2D eigenvalue weighted by molar-refractivity contribution is 7.89. The lowest BCUT2D eigenvalue weighted by atomic mass is 10.1. The fraction of sp³-hybridized carbons (Fsp3) is 0.350. The van der Waals surface area contributed by atoms with Crippen molar-refractivity contribution in [1.29, 1.82) is 0 Å². The van der Waals surface area contributed by atoms with Gasteiger partial charge in [0.1, 0.15) is 0 Å². The monoisotopic (exact) mass is 422 g/mol. The van der Waals surface area contributed by atoms with Crippen molar-refractivity contribution in [3.63, 3.8) is 0 Å². The van der Waals surface area contributed by atoms with Gasteiger partial charge in [0.25, 0.3) is 0 Å². The van der Waals surface area contributed by atoms with Crippen LogP contribution in [-0.2, 0) is 26.0 Å². The standard InChI is InChI=1S/C20H23ClN2O4S/c1-15-14-17(21)5-8-19(15)22-20(24)9-4-16-2-6-18(7-3-16)28(25,26)23-10-12-27-13-11-23/h2-3,5-8,14H,4,9-13H2,1H3,(H,22,24). The van der Waals surface area contributed by atoms with Crippen molar-refractivity contribution in [2.45, 2.75) is 24.7 Å². The van der Waals surface area contributed by atoms with Crippen LogP contribution >= 0.6 is 11.6 Å². The molecule has 2 aromatic carbocycles. The highest BCUT2D eigenvalue weighted by Crippen LogP contribution is 2.21. The van der Waals surface area contributed by atoms with Gasteiger partial charge in [-0.25, -0.2) is 8.42 Å². The van der Waals surface area contributed by atoms with Gasteiger partial charge in [0.05, 0.1) is 18.1 Å². The Bertz CT molecular complexity index is 939. The van der Waals surface area contributed by atoms with Gasteiger partial charge < -0.3 is 10.1 Å². The number of amides is 1. The Labute approximate surface area is 170 Å². The van der Waals surface area contributed by atoms with E-state index in [9.17, 15) is 13.2 Å². The number of rotatable bonds is 6. The zero-order valence-corrected chi connectivity index (χ0v) is 17.2. The first kappa shape index (κ1) is 20.8. The molecule has 6 nitrogen and oxygen atoms in total. The van der Waals surface area contributed by atoms with Crippen molar-refractivity contribution >= 4 is 33.2 Å². The fourth-order valence-electron chi connectivity index (χ4n) is 3.00. The molecule has 1 amide bonds. The maximum Gasteiger partial charge on any atom is 0.243 e. The van der Waals surface area contributed by atoms with Crippen molar-refractivity contribution in [3.05, 3.63) is 58.6 Å². The van der Waals surface area contributed by atoms with Crippen molar-refractivity contribution in [2.75, 3.05) is 31.6 Å². The van der Waals surface area contributed by atoms with Crippen LogP contribution in [-0.4, -0.2) is 44.9 Å². The molecule has 150 valence electrons. The molecule has 1 saturated heterocycles. The molecule has 0 atom stereocenters. The third-order valence-electron chi connectivity index (χ3n) is 4.63. The number of aryl methyl sites for hydroxylation is 2. The maximum atomic E-state index is 12.6. The van der Waals surface area contributed by atoms with Crippen LogP contribution in [0.2, 0.25) is 5.02 Å². The third kappa shape index (κ3) is 5.11. The number of nitrogens with zero attached hydrogens (tertiary/aromatic N) is 1. The molecule has 2 aromatic rings. The summed E-state index contributed by atoms with van der Waals surface area (Å²) < 4.78 is 31.9. The second-order valence-corrected chi connectivity index (χ2v) is 9.04. The SMILES string of the molecule is Cc1cc(Cl)ccc1NC(=O)CCc1ccc(S(=O)(=O)N2CCOCC2)cc1. The van der Waals surface area contributed by atoms with Gasteiger partial charge in [-0.3, -0.25) is 4.79 Å². The number of morpholine rings is 1. The molecule has 1 fully saturated rings. The molecule has 28 heavy (non-hydrogen) atoms. The first-order chi connectivity index (χ1) is 13.4. The van der Waals surface area contributed by atoms with Crippen LogP contribution < -0.4 is 5.32 Å². The summed E-state index contributed by atoms with van der Waals surface area (Å²) in [6.07, 6.45) is 0.827. The molecule has 0 saturated carbocycles. The zero-order valence-electron chi connectivity index (χ0n) is 15.7. The number of halogens is 1. The Kier molecular flexibility index (Phi) is 6.72. The number of carbonyl (C=O) groups is 1. The van der Waals surface area contributed by atoms with Gasteiger partial charge in [-0.05, 0) is 54.8 Å². The normalized spacial score (nSPS) is 15.4. The van der Waals surface area contributed by atoms with Crippen LogP contribution in [0.5, 0.6) is 0 Å². The third-order valence-corrected chi connectivity index (χ3v) is 6.78. The van der Waals surface area contributed by atoms with E-state index in [-0.39, 0.29) is 10.8 Å². The van der Waals surface area contributed by atoms with Crippen LogP contribution in [0.25, 0.3) is 0 Å². The maximum absolute atomic E-state index is 12.6. The van der Waals surface area contributed by atoms with Gasteiger partial charge in [0.2, 0.25) is 15.9 Å². The lowest BCUT2D eigenvalue weighted by Gasteiger charge is -2.26. The number of ether oxygens (including phenoxy) is 1. The molecule has 1 heterocycles. The van der Waals surface area contributed by atoms with E-state index in [0.717, 1.165) is 16.8 Å². The predicted molar refractivity (Wildman–Crippen MR) is 109 cm³/mol. The van der Waals surface area contributed by atoms with Gasteiger partial charge in [0.15, 0.2) is 0 Å². The predicted octanol–water partition coefficient (Wildman–Crippen LogP) is 3.24. The average molecular weight is 423 g/mol. The molecule has 8 heteroatoms. The molecule has 1 aliphatic rings. The van der Waals surface area contributed by atoms with Crippen LogP contribution in [0, 0.1) is 6.92 Å². The topological polar surface area (TPSA) is 75.7 Å². The largest absolute Gasteiger partial charge is 0.379 e. The number of nitrogens with one attached hydrogen (secondary N) is 1. The van der Waals surface area contributed by atoms with Crippen LogP contribution in [0.1, 0.15) is 17.5 Å². The minimum Gasteiger partial charge on any atom is -0.379 e. The number of sulfonamides is 1. The lowest BCUT2D eigenvalue weighted by molar-refractivity contribution is -0.116. The highest BCUT2D eigenvalue weighted by atomic mass is 35.5. The van der Waals surface area contributed by atoms with E-state index in [1.54, 1.807) is 42.5 Å². The van der Waals surface area contributed by atoms with E-state index in [1.165, 1.54) is 4.31 Å². The minimum absolute atomic E-state index is 0.101. The number of carbonyl (C=O) groups excluding carboxylic acids is 1. The van der Waals surface area contributed by atoms with E-state index in [4.69, 9.17) is 16.3 Å². The number of hydrogen-bond donors (Lipinski definition) is 1. The molecule has 1 N–H and O–H groups in total. The smallest absolute Gasteiger partial charge is 0.243 e. The van der Waals surface area contributed by atoms with Gasteiger partial charge in [0, 0.05) is 30.2 Å². The Hall–Kier alpha value is -1.93. The summed E-state index contributed by atoms with van der Waals surface area (Å²) in [5, 5.41) is 3.50. The van der Waals surface area contributed by atoms with E-state index in [2.05, 4.69) is 5.32 Å². The second-order valence-electron chi connectivity index (χ2n) is 6.67. The van der Waals surface area contributed by atoms with Gasteiger partial charge in [-0.15, -0.1) is 0 Å². The first-order valence-electron chi connectivity index (χ1n) is 9.09. The molecular formula is C20H23ClN2O4S. The van der Waals surface area contributed by atoms with Crippen LogP contribution in [0.4, 0.5) is 5.69 Å². The van der Waals surface area contributed by atoms with E-state index < -0.39 is 10.0 Å². The summed E-state index contributed by atoms with van der Waals surface area (Å²) in [6, 6.07) is 12.0. The van der Waals surface area contributed by atoms with E-state index in [0.29, 0.717) is 44.2 Å². The summed E-state index contributed by atoms with van der Waals surface area (Å²) in [4.78, 5) is 12.5. The summed E-state index contributed by atoms with van der Waals surface area (Å²) in [5.74, 6) is -0.101. The van der Waals surface area contributed by atoms with Gasteiger partial charge in [-0.1, -0.05) is 23.7 Å². The van der Waals surface area contributed by atoms with Crippen molar-refractivity contribution in [1.82, 2.24) is 4.31 Å². The van der Waals surface area contributed by atoms with Crippen molar-refractivity contribution < 1.29 is 17.9 Å². The number of benzene rings is 2.